The highest BCUT2D eigenvalue weighted by molar-refractivity contribution is 6.05. The van der Waals surface area contributed by atoms with E-state index in [9.17, 15) is 38.4 Å². The Morgan fingerprint density at radius 3 is 0.847 bits per heavy atom. The molecule has 10 N–H and O–H groups in total. The Balaban J connectivity index is 0.000000118. The lowest BCUT2D eigenvalue weighted by Crippen LogP contribution is -2.48. The van der Waals surface area contributed by atoms with Crippen LogP contribution < -0.4 is 41.3 Å². The third-order valence-electron chi connectivity index (χ3n) is 22.9. The Morgan fingerprint density at radius 2 is 0.576 bits per heavy atom. The van der Waals surface area contributed by atoms with Gasteiger partial charge in [-0.3, -0.25) is 54.0 Å². The van der Waals surface area contributed by atoms with Gasteiger partial charge in [0, 0.05) is 76.6 Å². The molecule has 600 valence electrons. The summed E-state index contributed by atoms with van der Waals surface area (Å²) in [6.07, 6.45) is 6.00. The number of para-hydroxylation sites is 4. The summed E-state index contributed by atoms with van der Waals surface area (Å²) in [4.78, 5) is 123. The number of anilines is 4. The van der Waals surface area contributed by atoms with E-state index in [0.29, 0.717) is 78.6 Å². The lowest BCUT2D eigenvalue weighted by molar-refractivity contribution is -0.121. The van der Waals surface area contributed by atoms with Crippen molar-refractivity contribution in [3.8, 4) is 0 Å². The van der Waals surface area contributed by atoms with Gasteiger partial charge < -0.3 is 46.4 Å². The van der Waals surface area contributed by atoms with Crippen LogP contribution in [-0.2, 0) is 44.9 Å². The fraction of sp³-hybridized carbons (Fsp3) is 0.273. The van der Waals surface area contributed by atoms with Gasteiger partial charge in [0.25, 0.3) is 23.5 Å². The lowest BCUT2D eigenvalue weighted by Gasteiger charge is -2.23. The van der Waals surface area contributed by atoms with Crippen LogP contribution in [0.3, 0.4) is 0 Å². The van der Waals surface area contributed by atoms with Gasteiger partial charge in [0.1, 0.15) is 41.4 Å². The number of amides is 7. The zero-order chi connectivity index (χ0) is 81.1. The minimum Gasteiger partial charge on any atom is -0.475 e. The van der Waals surface area contributed by atoms with Crippen molar-refractivity contribution in [2.45, 2.75) is 99.2 Å². The number of H-pyrrole nitrogens is 4. The second-order valence-electron chi connectivity index (χ2n) is 30.6. The standard InChI is InChI=1S/3C22H21N5O2.C12H14N2O.C10H9N3O2.ClH/c3*1-27-17-10-6-5-9-14(17)15-12-16(15)19(22(27)29)24-21(28)20-23-18(25-26-20)11-13-7-3-2-4-8-13;1-14-10-5-3-2-4-7(10)8-6-9(8)11(13)12(14)15;14-10(15)9-11-8(12-13-9)6-7-4-2-1-3-5-7;/h3*2-10,15-16,19H,11-12H2,1H3,(H,24,28)(H,23,25,26);2-5,8-9,11H,6,13H2,1H3;1-5H,6H2,(H,14,15)(H,11,12,13);1H/t2*15-,16-,19-;;;;/m10..../s1. The van der Waals surface area contributed by atoms with Crippen LogP contribution in [-0.4, -0.2) is 166 Å². The van der Waals surface area contributed by atoms with Crippen LogP contribution in [0.15, 0.2) is 218 Å². The van der Waals surface area contributed by atoms with Crippen LogP contribution in [0.4, 0.5) is 22.7 Å². The maximum Gasteiger partial charge on any atom is 0.375 e. The Bertz CT molecular complexity index is 5280. The molecular weight excluding hydrogens is 1520 g/mol. The average Bonchev–Trinajstić information content (AvgIpc) is 1.61. The minimum absolute atomic E-state index is 0. The molecule has 0 radical (unpaired) electrons. The van der Waals surface area contributed by atoms with Crippen LogP contribution in [0.1, 0.15) is 160 Å². The topological polar surface area (TPSA) is 398 Å². The van der Waals surface area contributed by atoms with Crippen LogP contribution >= 0.6 is 12.4 Å². The van der Waals surface area contributed by atoms with Gasteiger partial charge >= 0.3 is 5.97 Å². The van der Waals surface area contributed by atoms with Crippen LogP contribution in [0.2, 0.25) is 0 Å². The molecule has 8 heterocycles. The number of carboxylic acids is 1. The molecule has 12 aromatic rings. The number of carboxylic acid groups (broad SMARTS) is 1. The number of nitrogens with two attached hydrogens (primary N) is 1. The van der Waals surface area contributed by atoms with E-state index in [0.717, 1.165) is 70.7 Å². The highest BCUT2D eigenvalue weighted by Crippen LogP contribution is 2.57. The van der Waals surface area contributed by atoms with Crippen molar-refractivity contribution >= 4 is 82.5 Å². The van der Waals surface area contributed by atoms with Gasteiger partial charge in [-0.1, -0.05) is 194 Å². The lowest BCUT2D eigenvalue weighted by atomic mass is 10.1. The maximum atomic E-state index is 13.0. The number of rotatable bonds is 15. The molecule has 8 aliphatic rings. The molecule has 0 bridgehead atoms. The van der Waals surface area contributed by atoms with E-state index in [2.05, 4.69) is 101 Å². The highest BCUT2D eigenvalue weighted by Gasteiger charge is 2.55. The summed E-state index contributed by atoms with van der Waals surface area (Å²) in [6, 6.07) is 69.2. The molecule has 29 nitrogen and oxygen atoms in total. The first-order valence-electron chi connectivity index (χ1n) is 39.0. The van der Waals surface area contributed by atoms with Gasteiger partial charge in [0.05, 0.1) is 6.04 Å². The Hall–Kier alpha value is -13.7. The van der Waals surface area contributed by atoms with Crippen LogP contribution in [0.5, 0.6) is 0 Å². The zero-order valence-electron chi connectivity index (χ0n) is 64.9. The van der Waals surface area contributed by atoms with Crippen molar-refractivity contribution in [2.75, 3.05) is 47.8 Å². The smallest absolute Gasteiger partial charge is 0.375 e. The zero-order valence-corrected chi connectivity index (χ0v) is 65.8. The second-order valence-corrected chi connectivity index (χ2v) is 30.6. The first kappa shape index (κ1) is 79.6. The van der Waals surface area contributed by atoms with Gasteiger partial charge in [-0.15, -0.1) is 32.8 Å². The monoisotopic (exact) mass is 1600 g/mol. The molecule has 4 fully saturated rings. The fourth-order valence-corrected chi connectivity index (χ4v) is 16.5. The van der Waals surface area contributed by atoms with Gasteiger partial charge in [0.2, 0.25) is 41.1 Å². The van der Waals surface area contributed by atoms with Crippen molar-refractivity contribution in [3.05, 3.63) is 309 Å². The van der Waals surface area contributed by atoms with Gasteiger partial charge in [0.15, 0.2) is 0 Å². The Kier molecular flexibility index (Phi) is 23.2. The Morgan fingerprint density at radius 1 is 0.347 bits per heavy atom. The van der Waals surface area contributed by atoms with E-state index in [1.807, 2.05) is 201 Å². The molecule has 30 heteroatoms. The number of carbonyl (C=O) groups excluding carboxylic acids is 7. The SMILES string of the molecule is CN1C(=O)C(N)C2CC2c2ccccc21.CN1C(=O)C(NC(=O)c2n[nH]c(Cc3ccccc3)n2)C2CC2c2ccccc21.CN1C(=O)[C@@H](NC(=O)c2n[nH]c(Cc3ccccc3)n2)[C@H]2C[C@H]2c2ccccc21.CN1C(=O)[C@H](NC(=O)c2n[nH]c(Cc3ccccc3)n2)[C@@H]2C[C@@H]2c2ccccc21.Cl.O=C(O)c1n[nH]c(Cc2ccccc2)n1. The van der Waals surface area contributed by atoms with Crippen molar-refractivity contribution in [1.82, 2.24) is 76.7 Å². The van der Waals surface area contributed by atoms with Crippen molar-refractivity contribution in [3.63, 3.8) is 0 Å². The van der Waals surface area contributed by atoms with E-state index in [1.165, 1.54) is 22.3 Å². The summed E-state index contributed by atoms with van der Waals surface area (Å²) >= 11 is 0. The van der Waals surface area contributed by atoms with E-state index >= 15 is 0 Å². The van der Waals surface area contributed by atoms with Crippen LogP contribution in [0, 0.1) is 23.7 Å². The molecule has 12 atom stereocenters. The third kappa shape index (κ3) is 17.3. The fourth-order valence-electron chi connectivity index (χ4n) is 16.5. The highest BCUT2D eigenvalue weighted by atomic mass is 35.5. The summed E-state index contributed by atoms with van der Waals surface area (Å²) in [6.45, 7) is 0. The summed E-state index contributed by atoms with van der Waals surface area (Å²) in [7, 11) is 7.09. The molecule has 0 saturated heterocycles. The molecule has 4 saturated carbocycles. The number of halogens is 1. The van der Waals surface area contributed by atoms with Crippen molar-refractivity contribution in [1.29, 1.82) is 0 Å². The van der Waals surface area contributed by atoms with Crippen molar-refractivity contribution in [2.24, 2.45) is 29.4 Å². The van der Waals surface area contributed by atoms with E-state index in [1.54, 1.807) is 40.7 Å². The molecular formula is C88H87ClN20O9. The first-order chi connectivity index (χ1) is 56.8. The number of fused-ring (bicyclic) bond motifs is 12. The number of aromatic nitrogens is 12. The van der Waals surface area contributed by atoms with Crippen molar-refractivity contribution < 1.29 is 43.5 Å². The average molecular weight is 1600 g/mol. The van der Waals surface area contributed by atoms with Gasteiger partial charge in [-0.05, 0) is 142 Å². The maximum absolute atomic E-state index is 13.0. The molecule has 4 aliphatic heterocycles. The second kappa shape index (κ2) is 34.4. The van der Waals surface area contributed by atoms with Gasteiger partial charge in [-0.2, -0.15) is 0 Å². The summed E-state index contributed by atoms with van der Waals surface area (Å²) in [5.41, 5.74) is 18.8. The molecule has 7 amide bonds. The molecule has 6 unspecified atom stereocenters. The molecule has 118 heavy (non-hydrogen) atoms. The quantitative estimate of drug-likeness (QED) is 0.0461. The van der Waals surface area contributed by atoms with Gasteiger partial charge in [-0.25, -0.2) is 24.7 Å². The molecule has 8 aromatic carbocycles. The van der Waals surface area contributed by atoms with E-state index in [-0.39, 0.29) is 83.1 Å². The molecule has 4 aliphatic carbocycles. The predicted octanol–water partition coefficient (Wildman–Crippen LogP) is 9.43. The number of aromatic carboxylic acids is 1. The number of hydrogen-bond acceptors (Lipinski definition) is 17. The number of benzene rings is 8. The summed E-state index contributed by atoms with van der Waals surface area (Å²) in [5.74, 6) is 1.82. The number of nitrogens with zero attached hydrogens (tertiary/aromatic N) is 12. The number of aromatic amines is 4. The minimum atomic E-state index is -1.12. The number of likely N-dealkylation sites (N-methyl/N-ethyl adjacent to an activating group) is 4. The largest absolute Gasteiger partial charge is 0.475 e. The number of hydrogen-bond donors (Lipinski definition) is 9. The molecule has 0 spiro atoms. The molecule has 20 rings (SSSR count). The third-order valence-corrected chi connectivity index (χ3v) is 22.9. The summed E-state index contributed by atoms with van der Waals surface area (Å²) < 4.78 is 0. The van der Waals surface area contributed by atoms with E-state index < -0.39 is 41.8 Å². The summed E-state index contributed by atoms with van der Waals surface area (Å²) in [5, 5.41) is 44.1. The number of nitrogens with one attached hydrogen (secondary N) is 7. The number of carbonyl (C=O) groups is 8. The van der Waals surface area contributed by atoms with E-state index in [4.69, 9.17) is 10.8 Å². The first-order valence-corrected chi connectivity index (χ1v) is 39.0. The Labute approximate surface area is 684 Å². The predicted molar refractivity (Wildman–Crippen MR) is 441 cm³/mol. The molecule has 4 aromatic heterocycles. The normalized spacial score (nSPS) is 22.0. The van der Waals surface area contributed by atoms with Crippen LogP contribution in [0.25, 0.3) is 0 Å².